The lowest BCUT2D eigenvalue weighted by atomic mass is 10.1. The number of hydrogen-bond acceptors (Lipinski definition) is 5. The predicted octanol–water partition coefficient (Wildman–Crippen LogP) is 2.26. The highest BCUT2D eigenvalue weighted by molar-refractivity contribution is 5.84. The molecule has 1 aromatic heterocycles. The van der Waals surface area contributed by atoms with Gasteiger partial charge in [0.15, 0.2) is 0 Å². The Balaban J connectivity index is 2.45. The third-order valence-corrected chi connectivity index (χ3v) is 2.66. The van der Waals surface area contributed by atoms with Crippen LogP contribution in [0, 0.1) is 6.92 Å². The average molecular weight is 248 g/mol. The Morgan fingerprint density at radius 2 is 2.22 bits per heavy atom. The van der Waals surface area contributed by atoms with Crippen molar-refractivity contribution in [2.75, 3.05) is 12.3 Å². The van der Waals surface area contributed by atoms with Crippen molar-refractivity contribution in [3.8, 4) is 6.08 Å². The van der Waals surface area contributed by atoms with Crippen LogP contribution in [0.5, 0.6) is 6.08 Å². The first kappa shape index (κ1) is 12.4. The molecule has 0 unspecified atom stereocenters. The molecule has 2 rings (SSSR count). The maximum absolute atomic E-state index is 11.8. The fourth-order valence-corrected chi connectivity index (χ4v) is 1.77. The minimum Gasteiger partial charge on any atom is -0.450 e. The summed E-state index contributed by atoms with van der Waals surface area (Å²) >= 11 is 0. The van der Waals surface area contributed by atoms with Crippen LogP contribution in [0.1, 0.15) is 25.3 Å². The number of aromatic nitrogens is 1. The molecule has 2 N–H and O–H groups in total. The van der Waals surface area contributed by atoms with Crippen molar-refractivity contribution in [3.05, 3.63) is 28.1 Å². The van der Waals surface area contributed by atoms with Gasteiger partial charge in [0.1, 0.15) is 0 Å². The van der Waals surface area contributed by atoms with E-state index < -0.39 is 5.63 Å². The van der Waals surface area contributed by atoms with E-state index >= 15 is 0 Å². The van der Waals surface area contributed by atoms with Crippen molar-refractivity contribution in [3.63, 3.8) is 0 Å². The molecule has 0 radical (unpaired) electrons. The van der Waals surface area contributed by atoms with E-state index in [1.807, 2.05) is 0 Å². The van der Waals surface area contributed by atoms with Crippen LogP contribution in [0.3, 0.4) is 0 Å². The monoisotopic (exact) mass is 248 g/mol. The molecule has 0 spiro atoms. The molecule has 1 aromatic carbocycles. The quantitative estimate of drug-likeness (QED) is 0.663. The molecule has 0 aliphatic rings. The van der Waals surface area contributed by atoms with E-state index in [0.29, 0.717) is 23.2 Å². The average Bonchev–Trinajstić information content (AvgIpc) is 2.27. The minimum absolute atomic E-state index is 0.00551. The minimum atomic E-state index is -0.441. The van der Waals surface area contributed by atoms with Crippen LogP contribution in [0.2, 0.25) is 0 Å². The van der Waals surface area contributed by atoms with Gasteiger partial charge in [0, 0.05) is 5.69 Å². The summed E-state index contributed by atoms with van der Waals surface area (Å²) in [5.74, 6) is 0. The van der Waals surface area contributed by atoms with Gasteiger partial charge in [0.2, 0.25) is 0 Å². The number of nitrogens with zero attached hydrogens (tertiary/aromatic N) is 1. The number of anilines is 1. The lowest BCUT2D eigenvalue weighted by Gasteiger charge is -2.05. The summed E-state index contributed by atoms with van der Waals surface area (Å²) in [6.07, 6.45) is 1.90. The Morgan fingerprint density at radius 3 is 2.94 bits per heavy atom. The van der Waals surface area contributed by atoms with E-state index in [0.717, 1.165) is 18.4 Å². The van der Waals surface area contributed by atoms with Crippen molar-refractivity contribution >= 4 is 16.6 Å². The molecule has 2 aromatic rings. The molecular formula is C13H16N2O3. The van der Waals surface area contributed by atoms with E-state index in [2.05, 4.69) is 11.9 Å². The molecule has 0 bridgehead atoms. The first-order valence-corrected chi connectivity index (χ1v) is 5.95. The zero-order valence-corrected chi connectivity index (χ0v) is 10.5. The van der Waals surface area contributed by atoms with Gasteiger partial charge < -0.3 is 14.9 Å². The Bertz CT molecular complexity index is 619. The Morgan fingerprint density at radius 1 is 1.44 bits per heavy atom. The van der Waals surface area contributed by atoms with Gasteiger partial charge >= 0.3 is 11.7 Å². The summed E-state index contributed by atoms with van der Waals surface area (Å²) in [5.41, 5.74) is 7.12. The van der Waals surface area contributed by atoms with E-state index in [-0.39, 0.29) is 6.08 Å². The van der Waals surface area contributed by atoms with Crippen LogP contribution in [0.25, 0.3) is 10.9 Å². The van der Waals surface area contributed by atoms with Crippen LogP contribution in [-0.2, 0) is 0 Å². The Labute approximate surface area is 105 Å². The number of hydrogen-bond donors (Lipinski definition) is 1. The largest absolute Gasteiger partial charge is 0.450 e. The van der Waals surface area contributed by atoms with Gasteiger partial charge in [0.05, 0.1) is 17.5 Å². The number of ether oxygens (including phenoxy) is 1. The van der Waals surface area contributed by atoms with Crippen LogP contribution < -0.4 is 16.1 Å². The van der Waals surface area contributed by atoms with Crippen molar-refractivity contribution in [1.29, 1.82) is 0 Å². The zero-order valence-electron chi connectivity index (χ0n) is 10.5. The zero-order chi connectivity index (χ0) is 13.1. The molecular weight excluding hydrogens is 232 g/mol. The molecule has 5 heteroatoms. The standard InChI is InChI=1S/C13H16N2O3/c1-3-4-5-17-13-15-10-7-9(14)6-8(2)11(10)12(16)18-13/h6-7H,3-5,14H2,1-2H3. The Hall–Kier alpha value is -2.04. The first-order chi connectivity index (χ1) is 8.61. The molecule has 5 nitrogen and oxygen atoms in total. The highest BCUT2D eigenvalue weighted by Crippen LogP contribution is 2.19. The second-order valence-corrected chi connectivity index (χ2v) is 4.20. The smallest absolute Gasteiger partial charge is 0.397 e. The second kappa shape index (κ2) is 5.08. The molecule has 0 amide bonds. The number of nitrogen functional groups attached to an aromatic ring is 1. The SMILES string of the molecule is CCCCOc1nc2cc(N)cc(C)c2c(=O)o1. The van der Waals surface area contributed by atoms with Crippen molar-refractivity contribution < 1.29 is 9.15 Å². The fourth-order valence-electron chi connectivity index (χ4n) is 1.77. The summed E-state index contributed by atoms with van der Waals surface area (Å²) in [7, 11) is 0. The van der Waals surface area contributed by atoms with E-state index in [1.54, 1.807) is 19.1 Å². The summed E-state index contributed by atoms with van der Waals surface area (Å²) in [5, 5.41) is 0.451. The maximum atomic E-state index is 11.8. The van der Waals surface area contributed by atoms with Crippen molar-refractivity contribution in [2.45, 2.75) is 26.7 Å². The number of aryl methyl sites for hydroxylation is 1. The van der Waals surface area contributed by atoms with Crippen LogP contribution in [0.4, 0.5) is 5.69 Å². The van der Waals surface area contributed by atoms with Crippen LogP contribution in [-0.4, -0.2) is 11.6 Å². The van der Waals surface area contributed by atoms with E-state index in [4.69, 9.17) is 14.9 Å². The maximum Gasteiger partial charge on any atom is 0.397 e. The lowest BCUT2D eigenvalue weighted by molar-refractivity contribution is 0.213. The van der Waals surface area contributed by atoms with Gasteiger partial charge in [-0.1, -0.05) is 13.3 Å². The summed E-state index contributed by atoms with van der Waals surface area (Å²) in [6, 6.07) is 3.37. The summed E-state index contributed by atoms with van der Waals surface area (Å²) in [4.78, 5) is 16.0. The normalized spacial score (nSPS) is 10.8. The van der Waals surface area contributed by atoms with Gasteiger partial charge in [-0.25, -0.2) is 4.79 Å². The molecule has 0 aliphatic carbocycles. The van der Waals surface area contributed by atoms with Gasteiger partial charge in [-0.15, -0.1) is 0 Å². The molecule has 0 saturated carbocycles. The van der Waals surface area contributed by atoms with E-state index in [1.165, 1.54) is 0 Å². The van der Waals surface area contributed by atoms with Gasteiger partial charge in [-0.3, -0.25) is 0 Å². The summed E-state index contributed by atoms with van der Waals surface area (Å²) < 4.78 is 10.3. The summed E-state index contributed by atoms with van der Waals surface area (Å²) in [6.45, 7) is 4.34. The predicted molar refractivity (Wildman–Crippen MR) is 69.8 cm³/mol. The Kier molecular flexibility index (Phi) is 3.50. The van der Waals surface area contributed by atoms with Crippen LogP contribution in [0.15, 0.2) is 21.3 Å². The third kappa shape index (κ3) is 2.45. The number of nitrogens with two attached hydrogens (primary N) is 1. The highest BCUT2D eigenvalue weighted by atomic mass is 16.6. The lowest BCUT2D eigenvalue weighted by Crippen LogP contribution is -2.07. The topological polar surface area (TPSA) is 78.4 Å². The first-order valence-electron chi connectivity index (χ1n) is 5.95. The molecule has 0 atom stereocenters. The fraction of sp³-hybridized carbons (Fsp3) is 0.385. The molecule has 0 aliphatic heterocycles. The highest BCUT2D eigenvalue weighted by Gasteiger charge is 2.10. The molecule has 1 heterocycles. The van der Waals surface area contributed by atoms with Gasteiger partial charge in [-0.05, 0) is 31.0 Å². The molecule has 0 saturated heterocycles. The number of fused-ring (bicyclic) bond motifs is 1. The van der Waals surface area contributed by atoms with Crippen molar-refractivity contribution in [2.24, 2.45) is 0 Å². The van der Waals surface area contributed by atoms with Gasteiger partial charge in [-0.2, -0.15) is 4.98 Å². The van der Waals surface area contributed by atoms with Gasteiger partial charge in [0.25, 0.3) is 0 Å². The molecule has 96 valence electrons. The number of unbranched alkanes of at least 4 members (excludes halogenated alkanes) is 1. The number of benzene rings is 1. The van der Waals surface area contributed by atoms with Crippen molar-refractivity contribution in [1.82, 2.24) is 4.98 Å². The molecule has 0 fully saturated rings. The van der Waals surface area contributed by atoms with E-state index in [9.17, 15) is 4.79 Å². The number of rotatable bonds is 4. The molecule has 18 heavy (non-hydrogen) atoms. The van der Waals surface area contributed by atoms with Crippen LogP contribution >= 0.6 is 0 Å². The third-order valence-electron chi connectivity index (χ3n) is 2.66. The second-order valence-electron chi connectivity index (χ2n) is 4.20.